The molecule has 1 N–H and O–H groups in total. The molecule has 4 heterocycles. The number of aromatic nitrogens is 3. The van der Waals surface area contributed by atoms with Gasteiger partial charge in [0.05, 0.1) is 17.3 Å². The van der Waals surface area contributed by atoms with Gasteiger partial charge in [0, 0.05) is 55.2 Å². The van der Waals surface area contributed by atoms with Crippen molar-refractivity contribution in [1.29, 1.82) is 0 Å². The Morgan fingerprint density at radius 3 is 2.88 bits per heavy atom. The predicted molar refractivity (Wildman–Crippen MR) is 127 cm³/mol. The average molecular weight is 455 g/mol. The highest BCUT2D eigenvalue weighted by Crippen LogP contribution is 2.40. The number of carbonyl (C=O) groups is 1. The van der Waals surface area contributed by atoms with E-state index in [0.29, 0.717) is 22.8 Å². The molecule has 1 amide bonds. The molecule has 8 heteroatoms. The van der Waals surface area contributed by atoms with E-state index < -0.39 is 0 Å². The molecule has 2 aromatic rings. The van der Waals surface area contributed by atoms with Crippen LogP contribution in [-0.4, -0.2) is 45.0 Å². The van der Waals surface area contributed by atoms with Crippen LogP contribution in [0.15, 0.2) is 23.6 Å². The first-order chi connectivity index (χ1) is 15.3. The van der Waals surface area contributed by atoms with E-state index in [1.807, 2.05) is 25.5 Å². The van der Waals surface area contributed by atoms with Crippen LogP contribution in [0.1, 0.15) is 51.6 Å². The molecule has 2 aromatic heterocycles. The molecule has 0 bridgehead atoms. The molecule has 0 spiro atoms. The van der Waals surface area contributed by atoms with Crippen molar-refractivity contribution >= 4 is 29.5 Å². The molecule has 32 heavy (non-hydrogen) atoms. The molecule has 1 fully saturated rings. The molecule has 7 nitrogen and oxygen atoms in total. The number of hydrogen-bond donors (Lipinski definition) is 1. The van der Waals surface area contributed by atoms with E-state index >= 15 is 0 Å². The first-order valence-corrected chi connectivity index (χ1v) is 12.0. The molecule has 170 valence electrons. The summed E-state index contributed by atoms with van der Waals surface area (Å²) in [4.78, 5) is 17.5. The maximum absolute atomic E-state index is 13.1. The van der Waals surface area contributed by atoms with Gasteiger partial charge >= 0.3 is 0 Å². The minimum Gasteiger partial charge on any atom is -0.310 e. The first-order valence-electron chi connectivity index (χ1n) is 11.6. The molecular weight excluding hydrogens is 424 g/mol. The summed E-state index contributed by atoms with van der Waals surface area (Å²) in [5, 5.41) is 14.6. The fourth-order valence-electron chi connectivity index (χ4n) is 5.65. The van der Waals surface area contributed by atoms with Crippen LogP contribution in [0.3, 0.4) is 0 Å². The summed E-state index contributed by atoms with van der Waals surface area (Å²) in [7, 11) is 2.03. The van der Waals surface area contributed by atoms with Crippen molar-refractivity contribution in [3.8, 4) is 11.1 Å². The molecule has 2 unspecified atom stereocenters. The number of carbonyl (C=O) groups excluding carboxylic acids is 1. The molecular formula is C24H31ClN6O. The monoisotopic (exact) mass is 454 g/mol. The van der Waals surface area contributed by atoms with Gasteiger partial charge in [0.25, 0.3) is 0 Å². The maximum atomic E-state index is 13.1. The topological polar surface area (TPSA) is 75.4 Å². The number of rotatable bonds is 4. The van der Waals surface area contributed by atoms with Crippen LogP contribution in [0, 0.1) is 17.3 Å². The predicted octanol–water partition coefficient (Wildman–Crippen LogP) is 4.62. The third-order valence-corrected chi connectivity index (χ3v) is 7.59. The van der Waals surface area contributed by atoms with Gasteiger partial charge in [-0.1, -0.05) is 31.9 Å². The Labute approximate surface area is 194 Å². The maximum Gasteiger partial charge on any atom is 0.228 e. The molecule has 3 aliphatic rings. The highest BCUT2D eigenvalue weighted by atomic mass is 35.5. The van der Waals surface area contributed by atoms with Crippen LogP contribution >= 0.6 is 11.6 Å². The Morgan fingerprint density at radius 1 is 1.25 bits per heavy atom. The quantitative estimate of drug-likeness (QED) is 0.731. The fraction of sp³-hybridized carbons (Fsp3) is 0.583. The zero-order valence-electron chi connectivity index (χ0n) is 19.0. The van der Waals surface area contributed by atoms with Gasteiger partial charge in [0.1, 0.15) is 5.82 Å². The van der Waals surface area contributed by atoms with Crippen molar-refractivity contribution in [3.05, 3.63) is 29.2 Å². The van der Waals surface area contributed by atoms with E-state index in [0.717, 1.165) is 56.2 Å². The SMILES string of the molecule is CN1N=CCC1[C@H]1CCCC(C(=O)Nc2cc(-c3cnn4c3CC(C)(C)C4)c(Cl)cn2)C1. The zero-order chi connectivity index (χ0) is 22.5. The second kappa shape index (κ2) is 8.18. The van der Waals surface area contributed by atoms with E-state index in [2.05, 4.69) is 44.0 Å². The fourth-order valence-corrected chi connectivity index (χ4v) is 5.85. The van der Waals surface area contributed by atoms with Crippen molar-refractivity contribution in [1.82, 2.24) is 19.8 Å². The zero-order valence-corrected chi connectivity index (χ0v) is 19.8. The molecule has 0 radical (unpaired) electrons. The number of hydrogen-bond acceptors (Lipinski definition) is 5. The summed E-state index contributed by atoms with van der Waals surface area (Å²) in [6, 6.07) is 2.31. The number of halogens is 1. The van der Waals surface area contributed by atoms with E-state index in [4.69, 9.17) is 11.6 Å². The van der Waals surface area contributed by atoms with Crippen molar-refractivity contribution in [3.63, 3.8) is 0 Å². The second-order valence-corrected chi connectivity index (χ2v) is 10.7. The summed E-state index contributed by atoms with van der Waals surface area (Å²) in [6.07, 6.45) is 11.5. The van der Waals surface area contributed by atoms with Gasteiger partial charge in [-0.25, -0.2) is 4.98 Å². The van der Waals surface area contributed by atoms with Gasteiger partial charge in [-0.05, 0) is 43.1 Å². The second-order valence-electron chi connectivity index (χ2n) is 10.3. The van der Waals surface area contributed by atoms with Crippen LogP contribution in [-0.2, 0) is 17.8 Å². The lowest BCUT2D eigenvalue weighted by Crippen LogP contribution is -2.37. The van der Waals surface area contributed by atoms with E-state index in [-0.39, 0.29) is 17.2 Å². The highest BCUT2D eigenvalue weighted by Gasteiger charge is 2.35. The van der Waals surface area contributed by atoms with Gasteiger partial charge in [0.2, 0.25) is 5.91 Å². The van der Waals surface area contributed by atoms with E-state index in [1.165, 1.54) is 5.69 Å². The number of pyridine rings is 1. The number of fused-ring (bicyclic) bond motifs is 1. The Morgan fingerprint density at radius 2 is 2.09 bits per heavy atom. The number of nitrogens with zero attached hydrogens (tertiary/aromatic N) is 5. The van der Waals surface area contributed by atoms with Gasteiger partial charge < -0.3 is 5.32 Å². The Balaban J connectivity index is 1.31. The molecule has 1 saturated carbocycles. The minimum atomic E-state index is 0.00451. The van der Waals surface area contributed by atoms with Crippen LogP contribution in [0.2, 0.25) is 5.02 Å². The number of amides is 1. The molecule has 0 aromatic carbocycles. The lowest BCUT2D eigenvalue weighted by atomic mass is 9.76. The van der Waals surface area contributed by atoms with Crippen molar-refractivity contribution in [2.75, 3.05) is 12.4 Å². The number of hydrazone groups is 1. The normalized spacial score (nSPS) is 26.4. The van der Waals surface area contributed by atoms with Crippen molar-refractivity contribution in [2.24, 2.45) is 22.4 Å². The Kier molecular flexibility index (Phi) is 5.48. The molecule has 3 atom stereocenters. The van der Waals surface area contributed by atoms with E-state index in [1.54, 1.807) is 6.20 Å². The summed E-state index contributed by atoms with van der Waals surface area (Å²) in [6.45, 7) is 5.40. The van der Waals surface area contributed by atoms with Gasteiger partial charge in [-0.15, -0.1) is 0 Å². The lowest BCUT2D eigenvalue weighted by Gasteiger charge is -2.34. The Bertz CT molecular complexity index is 1060. The molecule has 5 rings (SSSR count). The van der Waals surface area contributed by atoms with Gasteiger partial charge in [-0.3, -0.25) is 14.5 Å². The first kappa shape index (κ1) is 21.4. The summed E-state index contributed by atoms with van der Waals surface area (Å²) in [5.74, 6) is 1.11. The van der Waals surface area contributed by atoms with Crippen molar-refractivity contribution < 1.29 is 4.79 Å². The Hall–Kier alpha value is -2.41. The molecule has 2 aliphatic heterocycles. The van der Waals surface area contributed by atoms with Crippen LogP contribution < -0.4 is 5.32 Å². The summed E-state index contributed by atoms with van der Waals surface area (Å²) < 4.78 is 2.07. The summed E-state index contributed by atoms with van der Waals surface area (Å²) in [5.41, 5.74) is 3.28. The standard InChI is InChI=1S/C24H31ClN6O/c1-24(2)11-21-18(12-28-31(21)14-24)17-10-22(26-13-19(17)25)29-23(32)16-6-4-5-15(9-16)20-7-8-27-30(20)3/h8,10,12-13,15-16,20H,4-7,9,11,14H2,1-3H3,(H,26,29,32)/t15-,16?,20?/m0/s1. The van der Waals surface area contributed by atoms with Gasteiger partial charge in [0.15, 0.2) is 0 Å². The van der Waals surface area contributed by atoms with Gasteiger partial charge in [-0.2, -0.15) is 10.2 Å². The van der Waals surface area contributed by atoms with E-state index in [9.17, 15) is 4.79 Å². The summed E-state index contributed by atoms with van der Waals surface area (Å²) >= 11 is 6.52. The number of nitrogens with one attached hydrogen (secondary N) is 1. The lowest BCUT2D eigenvalue weighted by molar-refractivity contribution is -0.121. The largest absolute Gasteiger partial charge is 0.310 e. The average Bonchev–Trinajstić information content (AvgIpc) is 3.43. The number of anilines is 1. The molecule has 1 aliphatic carbocycles. The molecule has 0 saturated heterocycles. The minimum absolute atomic E-state index is 0.00451. The third-order valence-electron chi connectivity index (χ3n) is 7.29. The third kappa shape index (κ3) is 4.03. The smallest absolute Gasteiger partial charge is 0.228 e. The van der Waals surface area contributed by atoms with Crippen LogP contribution in [0.25, 0.3) is 11.1 Å². The van der Waals surface area contributed by atoms with Crippen LogP contribution in [0.4, 0.5) is 5.82 Å². The highest BCUT2D eigenvalue weighted by molar-refractivity contribution is 6.33. The van der Waals surface area contributed by atoms with Crippen molar-refractivity contribution in [2.45, 2.75) is 65.0 Å². The van der Waals surface area contributed by atoms with Crippen LogP contribution in [0.5, 0.6) is 0 Å².